The van der Waals surface area contributed by atoms with Crippen molar-refractivity contribution in [2.75, 3.05) is 0 Å². The fourth-order valence-corrected chi connectivity index (χ4v) is 4.22. The molecule has 0 unspecified atom stereocenters. The molecule has 1 heteroatoms. The van der Waals surface area contributed by atoms with Crippen molar-refractivity contribution < 1.29 is 0 Å². The van der Waals surface area contributed by atoms with Crippen LogP contribution in [0.15, 0.2) is 24.4 Å². The molecule has 1 heterocycles. The lowest BCUT2D eigenvalue weighted by Crippen LogP contribution is -1.89. The van der Waals surface area contributed by atoms with Gasteiger partial charge < -0.3 is 0 Å². The standard InChI is InChI=1S/C32H51N/c1-2-3-4-5-6-7-8-9-10-11-12-13-14-15-16-17-18-19-20-21-22-23-24-25-26-29-32-30-27-28-31-33-32/h27-28,30-31H,2-12,17-26,29H2,1H3. The average Bonchev–Trinajstić information content (AvgIpc) is 2.84. The van der Waals surface area contributed by atoms with Crippen LogP contribution in [0.5, 0.6) is 0 Å². The fraction of sp³-hybridized carbons (Fsp3) is 0.719. The quantitative estimate of drug-likeness (QED) is 0.134. The van der Waals surface area contributed by atoms with Crippen LogP contribution in [-0.2, 0) is 6.42 Å². The highest BCUT2D eigenvalue weighted by Crippen LogP contribution is 2.12. The monoisotopic (exact) mass is 449 g/mol. The van der Waals surface area contributed by atoms with E-state index in [-0.39, 0.29) is 0 Å². The van der Waals surface area contributed by atoms with Gasteiger partial charge in [-0.05, 0) is 49.7 Å². The van der Waals surface area contributed by atoms with Crippen LogP contribution in [0.4, 0.5) is 0 Å². The van der Waals surface area contributed by atoms with E-state index in [2.05, 4.69) is 47.7 Å². The van der Waals surface area contributed by atoms with E-state index >= 15 is 0 Å². The van der Waals surface area contributed by atoms with Crippen molar-refractivity contribution in [2.24, 2.45) is 0 Å². The minimum atomic E-state index is 1.01. The summed E-state index contributed by atoms with van der Waals surface area (Å²) in [5, 5.41) is 0. The van der Waals surface area contributed by atoms with Crippen molar-refractivity contribution in [3.05, 3.63) is 30.1 Å². The van der Waals surface area contributed by atoms with Crippen LogP contribution in [0.1, 0.15) is 147 Å². The van der Waals surface area contributed by atoms with Gasteiger partial charge in [-0.1, -0.05) is 128 Å². The molecule has 0 aromatic carbocycles. The van der Waals surface area contributed by atoms with Crippen molar-refractivity contribution in [1.29, 1.82) is 0 Å². The molecule has 0 aliphatic heterocycles. The summed E-state index contributed by atoms with van der Waals surface area (Å²) in [6.07, 6.45) is 31.0. The number of nitrogens with zero attached hydrogens (tertiary/aromatic N) is 1. The number of aromatic nitrogens is 1. The Labute approximate surface area is 207 Å². The van der Waals surface area contributed by atoms with E-state index in [0.717, 1.165) is 19.3 Å². The number of hydrogen-bond acceptors (Lipinski definition) is 1. The maximum atomic E-state index is 4.39. The summed E-state index contributed by atoms with van der Waals surface area (Å²) in [7, 11) is 0. The van der Waals surface area contributed by atoms with Crippen molar-refractivity contribution in [3.63, 3.8) is 0 Å². The normalized spacial score (nSPS) is 10.3. The van der Waals surface area contributed by atoms with Gasteiger partial charge in [0.25, 0.3) is 0 Å². The van der Waals surface area contributed by atoms with Crippen LogP contribution in [0.3, 0.4) is 0 Å². The first-order valence-electron chi connectivity index (χ1n) is 14.3. The largest absolute Gasteiger partial charge is 0.261 e. The van der Waals surface area contributed by atoms with Crippen LogP contribution >= 0.6 is 0 Å². The number of unbranched alkanes of at least 4 members (excludes halogenated alkanes) is 19. The topological polar surface area (TPSA) is 12.9 Å². The molecule has 1 aromatic heterocycles. The molecule has 1 nitrogen and oxygen atoms in total. The highest BCUT2D eigenvalue weighted by molar-refractivity contribution is 5.25. The van der Waals surface area contributed by atoms with Gasteiger partial charge in [-0.15, -0.1) is 0 Å². The van der Waals surface area contributed by atoms with E-state index in [1.54, 1.807) is 0 Å². The van der Waals surface area contributed by atoms with Crippen molar-refractivity contribution >= 4 is 0 Å². The summed E-state index contributed by atoms with van der Waals surface area (Å²) in [6, 6.07) is 6.21. The molecule has 0 atom stereocenters. The fourth-order valence-electron chi connectivity index (χ4n) is 4.22. The molecule has 0 fully saturated rings. The minimum Gasteiger partial charge on any atom is -0.261 e. The first-order valence-corrected chi connectivity index (χ1v) is 14.3. The average molecular weight is 450 g/mol. The molecular weight excluding hydrogens is 398 g/mol. The SMILES string of the molecule is CCCCCCCCCCCCC#CC#CCCCCCCCCCCCc1ccccn1. The van der Waals surface area contributed by atoms with Crippen LogP contribution in [0.2, 0.25) is 0 Å². The summed E-state index contributed by atoms with van der Waals surface area (Å²) >= 11 is 0. The summed E-state index contributed by atoms with van der Waals surface area (Å²) in [5.74, 6) is 12.6. The lowest BCUT2D eigenvalue weighted by molar-refractivity contribution is 0.558. The van der Waals surface area contributed by atoms with E-state index in [1.807, 2.05) is 12.3 Å². The van der Waals surface area contributed by atoms with Gasteiger partial charge in [0, 0.05) is 24.7 Å². The van der Waals surface area contributed by atoms with Gasteiger partial charge in [-0.2, -0.15) is 0 Å². The van der Waals surface area contributed by atoms with E-state index in [0.29, 0.717) is 0 Å². The van der Waals surface area contributed by atoms with E-state index in [1.165, 1.54) is 128 Å². The van der Waals surface area contributed by atoms with Crippen LogP contribution in [-0.4, -0.2) is 4.98 Å². The smallest absolute Gasteiger partial charge is 0.0403 e. The molecule has 0 aliphatic rings. The lowest BCUT2D eigenvalue weighted by atomic mass is 10.1. The Balaban J connectivity index is 1.75. The Bertz CT molecular complexity index is 640. The van der Waals surface area contributed by atoms with Crippen molar-refractivity contribution in [2.45, 2.75) is 148 Å². The second kappa shape index (κ2) is 24.9. The second-order valence-corrected chi connectivity index (χ2v) is 9.54. The van der Waals surface area contributed by atoms with E-state index < -0.39 is 0 Å². The lowest BCUT2D eigenvalue weighted by Gasteiger charge is -2.02. The van der Waals surface area contributed by atoms with E-state index in [9.17, 15) is 0 Å². The molecule has 33 heavy (non-hydrogen) atoms. The molecule has 184 valence electrons. The number of hydrogen-bond donors (Lipinski definition) is 0. The molecule has 1 aromatic rings. The Kier molecular flexibility index (Phi) is 22.1. The van der Waals surface area contributed by atoms with Gasteiger partial charge in [0.2, 0.25) is 0 Å². The van der Waals surface area contributed by atoms with Crippen molar-refractivity contribution in [3.8, 4) is 23.7 Å². The Morgan fingerprint density at radius 3 is 1.45 bits per heavy atom. The zero-order valence-corrected chi connectivity index (χ0v) is 21.8. The molecule has 0 radical (unpaired) electrons. The maximum Gasteiger partial charge on any atom is 0.0403 e. The van der Waals surface area contributed by atoms with Gasteiger partial charge in [0.05, 0.1) is 0 Å². The van der Waals surface area contributed by atoms with Gasteiger partial charge in [0.1, 0.15) is 0 Å². The highest BCUT2D eigenvalue weighted by Gasteiger charge is 1.95. The third-order valence-corrected chi connectivity index (χ3v) is 6.36. The summed E-state index contributed by atoms with van der Waals surface area (Å²) < 4.78 is 0. The van der Waals surface area contributed by atoms with Crippen LogP contribution in [0, 0.1) is 23.7 Å². The number of pyridine rings is 1. The second-order valence-electron chi connectivity index (χ2n) is 9.54. The number of aryl methyl sites for hydroxylation is 1. The van der Waals surface area contributed by atoms with Crippen LogP contribution < -0.4 is 0 Å². The molecule has 0 amide bonds. The summed E-state index contributed by atoms with van der Waals surface area (Å²) in [4.78, 5) is 4.39. The van der Waals surface area contributed by atoms with Gasteiger partial charge in [-0.3, -0.25) is 4.98 Å². The predicted octanol–water partition coefficient (Wildman–Crippen LogP) is 9.84. The van der Waals surface area contributed by atoms with Crippen LogP contribution in [0.25, 0.3) is 0 Å². The molecule has 0 spiro atoms. The Hall–Kier alpha value is -1.73. The third-order valence-electron chi connectivity index (χ3n) is 6.36. The van der Waals surface area contributed by atoms with E-state index in [4.69, 9.17) is 0 Å². The summed E-state index contributed by atoms with van der Waals surface area (Å²) in [5.41, 5.74) is 1.24. The number of rotatable bonds is 21. The predicted molar refractivity (Wildman–Crippen MR) is 146 cm³/mol. The minimum absolute atomic E-state index is 1.01. The first-order chi connectivity index (χ1) is 16.4. The zero-order valence-electron chi connectivity index (χ0n) is 21.8. The molecular formula is C32H51N. The molecule has 0 saturated heterocycles. The third kappa shape index (κ3) is 21.9. The van der Waals surface area contributed by atoms with Gasteiger partial charge in [-0.25, -0.2) is 0 Å². The van der Waals surface area contributed by atoms with Crippen molar-refractivity contribution in [1.82, 2.24) is 4.98 Å². The molecule has 0 bridgehead atoms. The molecule has 0 aliphatic carbocycles. The molecule has 1 rings (SSSR count). The molecule has 0 N–H and O–H groups in total. The Morgan fingerprint density at radius 2 is 1.00 bits per heavy atom. The first kappa shape index (κ1) is 29.3. The highest BCUT2D eigenvalue weighted by atomic mass is 14.7. The molecule has 0 saturated carbocycles. The van der Waals surface area contributed by atoms with Gasteiger partial charge in [0.15, 0.2) is 0 Å². The Morgan fingerprint density at radius 1 is 0.545 bits per heavy atom. The summed E-state index contributed by atoms with van der Waals surface area (Å²) in [6.45, 7) is 2.28. The zero-order chi connectivity index (χ0) is 23.5. The van der Waals surface area contributed by atoms with Gasteiger partial charge >= 0.3 is 0 Å². The maximum absolute atomic E-state index is 4.39.